The summed E-state index contributed by atoms with van der Waals surface area (Å²) in [6, 6.07) is 7.89. The van der Waals surface area contributed by atoms with Crippen LogP contribution in [0, 0.1) is 13.8 Å². The van der Waals surface area contributed by atoms with Crippen LogP contribution in [0.25, 0.3) is 10.2 Å². The molecule has 0 radical (unpaired) electrons. The van der Waals surface area contributed by atoms with E-state index in [1.54, 1.807) is 25.2 Å². The van der Waals surface area contributed by atoms with E-state index < -0.39 is 10.0 Å². The Morgan fingerprint density at radius 1 is 1.34 bits per heavy atom. The molecule has 1 fully saturated rings. The molecule has 29 heavy (non-hydrogen) atoms. The molecule has 1 saturated heterocycles. The van der Waals surface area contributed by atoms with E-state index in [2.05, 4.69) is 9.88 Å². The molecule has 1 amide bonds. The molecule has 1 aliphatic rings. The second-order valence-electron chi connectivity index (χ2n) is 7.07. The molecule has 0 saturated carbocycles. The van der Waals surface area contributed by atoms with Gasteiger partial charge in [-0.1, -0.05) is 17.3 Å². The third kappa shape index (κ3) is 3.92. The Kier molecular flexibility index (Phi) is 5.41. The quantitative estimate of drug-likeness (QED) is 0.639. The highest BCUT2D eigenvalue weighted by Crippen LogP contribution is 2.36. The van der Waals surface area contributed by atoms with Crippen LogP contribution in [0.15, 0.2) is 33.7 Å². The van der Waals surface area contributed by atoms with Crippen LogP contribution in [-0.2, 0) is 14.8 Å². The maximum Gasteiger partial charge on any atom is 0.245 e. The number of benzene rings is 1. The zero-order valence-electron chi connectivity index (χ0n) is 16.2. The predicted octanol–water partition coefficient (Wildman–Crippen LogP) is 2.93. The fraction of sp³-hybridized carbons (Fsp3) is 0.421. The minimum absolute atomic E-state index is 0.0221. The smallest absolute Gasteiger partial charge is 0.245 e. The molecule has 1 aromatic carbocycles. The number of likely N-dealkylation sites (tertiary alicyclic amines) is 1. The number of nitrogens with one attached hydrogen (secondary N) is 1. The molecule has 1 aliphatic heterocycles. The first kappa shape index (κ1) is 20.0. The van der Waals surface area contributed by atoms with Gasteiger partial charge in [0.15, 0.2) is 5.76 Å². The summed E-state index contributed by atoms with van der Waals surface area (Å²) in [6.45, 7) is 3.81. The Morgan fingerprint density at radius 3 is 2.86 bits per heavy atom. The average molecular weight is 435 g/mol. The van der Waals surface area contributed by atoms with Crippen LogP contribution in [0.2, 0.25) is 0 Å². The molecule has 0 bridgehead atoms. The molecule has 1 N–H and O–H groups in total. The van der Waals surface area contributed by atoms with Crippen molar-refractivity contribution in [1.29, 1.82) is 0 Å². The van der Waals surface area contributed by atoms with Crippen molar-refractivity contribution in [2.24, 2.45) is 0 Å². The number of aryl methyl sites for hydroxylation is 2. The topological polar surface area (TPSA) is 105 Å². The molecule has 3 heterocycles. The van der Waals surface area contributed by atoms with E-state index in [1.165, 1.54) is 0 Å². The van der Waals surface area contributed by atoms with E-state index in [0.717, 1.165) is 28.1 Å². The van der Waals surface area contributed by atoms with E-state index in [0.29, 0.717) is 12.2 Å². The van der Waals surface area contributed by atoms with Crippen molar-refractivity contribution < 1.29 is 17.7 Å². The summed E-state index contributed by atoms with van der Waals surface area (Å²) < 4.78 is 33.5. The fourth-order valence-corrected chi connectivity index (χ4v) is 6.19. The number of sulfonamides is 1. The highest BCUT2D eigenvalue weighted by molar-refractivity contribution is 7.89. The zero-order valence-corrected chi connectivity index (χ0v) is 17.8. The molecular formula is C19H22N4O4S2. The second kappa shape index (κ2) is 7.85. The van der Waals surface area contributed by atoms with Crippen LogP contribution in [0.1, 0.15) is 41.8 Å². The van der Waals surface area contributed by atoms with E-state index in [9.17, 15) is 13.2 Å². The molecule has 0 unspecified atom stereocenters. The van der Waals surface area contributed by atoms with E-state index >= 15 is 0 Å². The monoisotopic (exact) mass is 434 g/mol. The second-order valence-corrected chi connectivity index (χ2v) is 9.83. The lowest BCUT2D eigenvalue weighted by Crippen LogP contribution is -2.34. The number of fused-ring (bicyclic) bond motifs is 1. The lowest BCUT2D eigenvalue weighted by Gasteiger charge is -2.23. The van der Waals surface area contributed by atoms with Gasteiger partial charge < -0.3 is 9.42 Å². The summed E-state index contributed by atoms with van der Waals surface area (Å²) in [4.78, 5) is 19.3. The summed E-state index contributed by atoms with van der Waals surface area (Å²) >= 11 is 1.61. The van der Waals surface area contributed by atoms with Gasteiger partial charge >= 0.3 is 0 Å². The van der Waals surface area contributed by atoms with E-state index in [4.69, 9.17) is 9.51 Å². The number of thiazole rings is 1. The van der Waals surface area contributed by atoms with Crippen molar-refractivity contribution >= 4 is 37.5 Å². The Labute approximate surface area is 173 Å². The largest absolute Gasteiger partial charge is 0.360 e. The summed E-state index contributed by atoms with van der Waals surface area (Å²) in [5.41, 5.74) is 1.25. The minimum Gasteiger partial charge on any atom is -0.360 e. The first-order valence-electron chi connectivity index (χ1n) is 9.44. The third-order valence-electron chi connectivity index (χ3n) is 5.04. The molecule has 0 aliphatic carbocycles. The zero-order chi connectivity index (χ0) is 20.6. The number of rotatable bonds is 6. The van der Waals surface area contributed by atoms with Crippen molar-refractivity contribution in [2.45, 2.75) is 44.0 Å². The maximum absolute atomic E-state index is 12.8. The highest BCUT2D eigenvalue weighted by atomic mass is 32.2. The SMILES string of the molecule is Cc1noc(C)c1S(=O)(=O)NCCC(=O)N1CCC[C@@H]1c1nc2ccccc2s1. The average Bonchev–Trinajstić information content (AvgIpc) is 3.38. The van der Waals surface area contributed by atoms with Crippen molar-refractivity contribution in [1.82, 2.24) is 19.8 Å². The van der Waals surface area contributed by atoms with E-state index in [1.807, 2.05) is 29.2 Å². The molecule has 8 nitrogen and oxygen atoms in total. The fourth-order valence-electron chi connectivity index (χ4n) is 3.72. The van der Waals surface area contributed by atoms with Crippen LogP contribution < -0.4 is 4.72 Å². The van der Waals surface area contributed by atoms with Gasteiger partial charge in [-0.3, -0.25) is 4.79 Å². The highest BCUT2D eigenvalue weighted by Gasteiger charge is 2.32. The standard InChI is InChI=1S/C19H22N4O4S2/c1-12-18(13(2)27-22-12)29(25,26)20-10-9-17(24)23-11-5-7-15(23)19-21-14-6-3-4-8-16(14)28-19/h3-4,6,8,15,20H,5,7,9-11H2,1-2H3/t15-/m1/s1. The van der Waals surface area contributed by atoms with Gasteiger partial charge in [0.2, 0.25) is 15.9 Å². The molecule has 4 rings (SSSR count). The number of amides is 1. The third-order valence-corrected chi connectivity index (χ3v) is 7.88. The van der Waals surface area contributed by atoms with Gasteiger partial charge in [0.25, 0.3) is 0 Å². The number of carbonyl (C=O) groups excluding carboxylic acids is 1. The summed E-state index contributed by atoms with van der Waals surface area (Å²) in [7, 11) is -3.77. The van der Waals surface area contributed by atoms with Crippen LogP contribution >= 0.6 is 11.3 Å². The number of hydrogen-bond acceptors (Lipinski definition) is 7. The number of carbonyl (C=O) groups is 1. The molecule has 1 atom stereocenters. The lowest BCUT2D eigenvalue weighted by atomic mass is 10.2. The predicted molar refractivity (Wildman–Crippen MR) is 109 cm³/mol. The number of nitrogens with zero attached hydrogens (tertiary/aromatic N) is 3. The number of hydrogen-bond donors (Lipinski definition) is 1. The first-order valence-corrected chi connectivity index (χ1v) is 11.7. The molecule has 0 spiro atoms. The van der Waals surface area contributed by atoms with Gasteiger partial charge in [-0.15, -0.1) is 11.3 Å². The summed E-state index contributed by atoms with van der Waals surface area (Å²) in [6.07, 6.45) is 1.87. The minimum atomic E-state index is -3.77. The molecular weight excluding hydrogens is 412 g/mol. The summed E-state index contributed by atoms with van der Waals surface area (Å²) in [5.74, 6) is 0.157. The van der Waals surface area contributed by atoms with Gasteiger partial charge in [-0.05, 0) is 38.8 Å². The Balaban J connectivity index is 1.41. The number of para-hydroxylation sites is 1. The summed E-state index contributed by atoms with van der Waals surface area (Å²) in [5, 5.41) is 4.61. The van der Waals surface area contributed by atoms with Crippen molar-refractivity contribution in [3.8, 4) is 0 Å². The van der Waals surface area contributed by atoms with Gasteiger partial charge in [0.05, 0.1) is 16.3 Å². The van der Waals surface area contributed by atoms with Gasteiger partial charge in [0.1, 0.15) is 15.6 Å². The van der Waals surface area contributed by atoms with Crippen molar-refractivity contribution in [3.63, 3.8) is 0 Å². The van der Waals surface area contributed by atoms with Crippen molar-refractivity contribution in [3.05, 3.63) is 40.7 Å². The Bertz CT molecular complexity index is 1100. The van der Waals surface area contributed by atoms with Crippen LogP contribution in [0.5, 0.6) is 0 Å². The van der Waals surface area contributed by atoms with Gasteiger partial charge in [0, 0.05) is 19.5 Å². The Hall–Kier alpha value is -2.30. The first-order chi connectivity index (χ1) is 13.9. The van der Waals surface area contributed by atoms with Crippen LogP contribution in [0.3, 0.4) is 0 Å². The Morgan fingerprint density at radius 2 is 2.14 bits per heavy atom. The van der Waals surface area contributed by atoms with E-state index in [-0.39, 0.29) is 35.6 Å². The van der Waals surface area contributed by atoms with Crippen molar-refractivity contribution in [2.75, 3.05) is 13.1 Å². The molecule has 10 heteroatoms. The normalized spacial score (nSPS) is 17.3. The molecule has 154 valence electrons. The maximum atomic E-state index is 12.8. The van der Waals surface area contributed by atoms with Crippen LogP contribution in [0.4, 0.5) is 0 Å². The molecule has 2 aromatic heterocycles. The number of aromatic nitrogens is 2. The van der Waals surface area contributed by atoms with Gasteiger partial charge in [-0.25, -0.2) is 18.1 Å². The van der Waals surface area contributed by atoms with Crippen LogP contribution in [-0.4, -0.2) is 42.5 Å². The lowest BCUT2D eigenvalue weighted by molar-refractivity contribution is -0.131. The van der Waals surface area contributed by atoms with Gasteiger partial charge in [-0.2, -0.15) is 0 Å². The molecule has 3 aromatic rings.